The molecule has 2 heterocycles. The lowest BCUT2D eigenvalue weighted by atomic mass is 10.4. The summed E-state index contributed by atoms with van der Waals surface area (Å²) in [5.41, 5.74) is 0.695. The first kappa shape index (κ1) is 11.4. The molecule has 0 saturated carbocycles. The lowest BCUT2D eigenvalue weighted by Crippen LogP contribution is -2.39. The van der Waals surface area contributed by atoms with Gasteiger partial charge in [0.05, 0.1) is 25.0 Å². The van der Waals surface area contributed by atoms with E-state index in [4.69, 9.17) is 0 Å². The second kappa shape index (κ2) is 5.29. The Morgan fingerprint density at radius 1 is 1.59 bits per heavy atom. The van der Waals surface area contributed by atoms with Crippen molar-refractivity contribution in [2.45, 2.75) is 0 Å². The zero-order chi connectivity index (χ0) is 12.1. The Bertz CT molecular complexity index is 417. The molecule has 1 aromatic heterocycles. The third-order valence-corrected chi connectivity index (χ3v) is 2.41. The van der Waals surface area contributed by atoms with Crippen molar-refractivity contribution in [3.63, 3.8) is 0 Å². The molecule has 0 saturated heterocycles. The molecule has 1 aliphatic heterocycles. The van der Waals surface area contributed by atoms with E-state index in [-0.39, 0.29) is 12.5 Å². The van der Waals surface area contributed by atoms with Crippen LogP contribution in [0.25, 0.3) is 0 Å². The van der Waals surface area contributed by atoms with E-state index in [2.05, 4.69) is 20.6 Å². The minimum atomic E-state index is -0.110. The Labute approximate surface area is 99.8 Å². The van der Waals surface area contributed by atoms with Crippen molar-refractivity contribution < 1.29 is 4.79 Å². The van der Waals surface area contributed by atoms with Crippen LogP contribution in [0.15, 0.2) is 29.5 Å². The molecule has 6 heteroatoms. The first-order valence-electron chi connectivity index (χ1n) is 5.45. The van der Waals surface area contributed by atoms with Crippen LogP contribution in [0, 0.1) is 0 Å². The van der Waals surface area contributed by atoms with Crippen LogP contribution in [-0.2, 0) is 4.79 Å². The van der Waals surface area contributed by atoms with Crippen molar-refractivity contribution in [2.24, 2.45) is 4.99 Å². The predicted octanol–water partition coefficient (Wildman–Crippen LogP) is -0.0889. The molecule has 90 valence electrons. The van der Waals surface area contributed by atoms with Crippen LogP contribution in [0.5, 0.6) is 0 Å². The van der Waals surface area contributed by atoms with Gasteiger partial charge in [0, 0.05) is 19.8 Å². The highest BCUT2D eigenvalue weighted by molar-refractivity contribution is 5.95. The van der Waals surface area contributed by atoms with Crippen molar-refractivity contribution in [1.29, 1.82) is 0 Å². The van der Waals surface area contributed by atoms with E-state index in [1.54, 1.807) is 24.5 Å². The number of carbonyl (C=O) groups is 1. The van der Waals surface area contributed by atoms with Crippen LogP contribution in [-0.4, -0.2) is 48.4 Å². The molecule has 2 N–H and O–H groups in total. The molecule has 6 nitrogen and oxygen atoms in total. The van der Waals surface area contributed by atoms with Gasteiger partial charge in [-0.15, -0.1) is 0 Å². The van der Waals surface area contributed by atoms with Gasteiger partial charge < -0.3 is 15.5 Å². The number of anilines is 1. The standard InChI is InChI=1S/C11H15N5O/c1-16-6-5-13-11(16)14-8-10(17)15-9-3-2-4-12-7-9/h2-4,7H,5-6,8H2,1H3,(H,13,14)(H,15,17). The molecule has 17 heavy (non-hydrogen) atoms. The second-order valence-corrected chi connectivity index (χ2v) is 3.77. The van der Waals surface area contributed by atoms with Crippen molar-refractivity contribution in [3.8, 4) is 0 Å². The first-order chi connectivity index (χ1) is 8.25. The van der Waals surface area contributed by atoms with E-state index < -0.39 is 0 Å². The number of aromatic nitrogens is 1. The minimum absolute atomic E-state index is 0.110. The van der Waals surface area contributed by atoms with Crippen molar-refractivity contribution in [3.05, 3.63) is 24.5 Å². The van der Waals surface area contributed by atoms with E-state index in [0.29, 0.717) is 5.69 Å². The lowest BCUT2D eigenvalue weighted by molar-refractivity contribution is -0.115. The Morgan fingerprint density at radius 2 is 2.47 bits per heavy atom. The molecule has 1 aliphatic rings. The Morgan fingerprint density at radius 3 is 3.12 bits per heavy atom. The highest BCUT2D eigenvalue weighted by Crippen LogP contribution is 2.01. The number of nitrogens with one attached hydrogen (secondary N) is 2. The van der Waals surface area contributed by atoms with Crippen LogP contribution in [0.1, 0.15) is 0 Å². The number of rotatable bonds is 3. The molecule has 0 aliphatic carbocycles. The fourth-order valence-corrected chi connectivity index (χ4v) is 1.52. The van der Waals surface area contributed by atoms with Crippen LogP contribution >= 0.6 is 0 Å². The summed E-state index contributed by atoms with van der Waals surface area (Å²) >= 11 is 0. The van der Waals surface area contributed by atoms with Crippen molar-refractivity contribution in [2.75, 3.05) is 32.0 Å². The van der Waals surface area contributed by atoms with Gasteiger partial charge in [0.15, 0.2) is 5.96 Å². The van der Waals surface area contributed by atoms with Crippen LogP contribution < -0.4 is 10.6 Å². The molecule has 2 rings (SSSR count). The van der Waals surface area contributed by atoms with E-state index in [1.807, 2.05) is 11.9 Å². The third-order valence-electron chi connectivity index (χ3n) is 2.41. The SMILES string of the molecule is CN1CCN=C1NCC(=O)Nc1cccnc1. The number of carbonyl (C=O) groups excluding carboxylic acids is 1. The molecular formula is C11H15N5O. The molecule has 1 aromatic rings. The number of amides is 1. The molecule has 0 bridgehead atoms. The first-order valence-corrected chi connectivity index (χ1v) is 5.45. The number of nitrogens with zero attached hydrogens (tertiary/aromatic N) is 3. The van der Waals surface area contributed by atoms with Crippen LogP contribution in [0.2, 0.25) is 0 Å². The van der Waals surface area contributed by atoms with Gasteiger partial charge in [0.2, 0.25) is 5.91 Å². The van der Waals surface area contributed by atoms with Gasteiger partial charge in [-0.1, -0.05) is 0 Å². The van der Waals surface area contributed by atoms with Gasteiger partial charge in [-0.2, -0.15) is 0 Å². The fraction of sp³-hybridized carbons (Fsp3) is 0.364. The zero-order valence-electron chi connectivity index (χ0n) is 9.68. The normalized spacial score (nSPS) is 14.4. The number of aliphatic imine (C=N–C) groups is 1. The number of hydrogen-bond donors (Lipinski definition) is 2. The van der Waals surface area contributed by atoms with Crippen molar-refractivity contribution >= 4 is 17.6 Å². The second-order valence-electron chi connectivity index (χ2n) is 3.77. The molecule has 0 fully saturated rings. The highest BCUT2D eigenvalue weighted by atomic mass is 16.1. The van der Waals surface area contributed by atoms with E-state index >= 15 is 0 Å². The van der Waals surface area contributed by atoms with Gasteiger partial charge in [-0.25, -0.2) is 0 Å². The minimum Gasteiger partial charge on any atom is -0.347 e. The highest BCUT2D eigenvalue weighted by Gasteiger charge is 2.12. The van der Waals surface area contributed by atoms with Crippen LogP contribution in [0.4, 0.5) is 5.69 Å². The molecule has 0 unspecified atom stereocenters. The quantitative estimate of drug-likeness (QED) is 0.765. The topological polar surface area (TPSA) is 69.6 Å². The summed E-state index contributed by atoms with van der Waals surface area (Å²) in [5.74, 6) is 0.660. The number of guanidine groups is 1. The summed E-state index contributed by atoms with van der Waals surface area (Å²) in [6, 6.07) is 3.57. The summed E-state index contributed by atoms with van der Waals surface area (Å²) in [4.78, 5) is 21.7. The molecule has 1 amide bonds. The maximum absolute atomic E-state index is 11.6. The molecular weight excluding hydrogens is 218 g/mol. The van der Waals surface area contributed by atoms with Gasteiger partial charge >= 0.3 is 0 Å². The number of likely N-dealkylation sites (N-methyl/N-ethyl adjacent to an activating group) is 1. The molecule has 0 atom stereocenters. The molecule has 0 radical (unpaired) electrons. The average molecular weight is 233 g/mol. The summed E-state index contributed by atoms with van der Waals surface area (Å²) in [6.45, 7) is 1.88. The Balaban J connectivity index is 1.78. The number of pyridine rings is 1. The summed E-state index contributed by atoms with van der Waals surface area (Å²) in [6.07, 6.45) is 3.27. The number of hydrogen-bond acceptors (Lipinski definition) is 5. The van der Waals surface area contributed by atoms with Crippen molar-refractivity contribution in [1.82, 2.24) is 15.2 Å². The zero-order valence-corrected chi connectivity index (χ0v) is 9.68. The van der Waals surface area contributed by atoms with Crippen LogP contribution in [0.3, 0.4) is 0 Å². The lowest BCUT2D eigenvalue weighted by Gasteiger charge is -2.14. The Hall–Kier alpha value is -2.11. The summed E-state index contributed by atoms with van der Waals surface area (Å²) < 4.78 is 0. The third kappa shape index (κ3) is 3.17. The Kier molecular flexibility index (Phi) is 3.54. The summed E-state index contributed by atoms with van der Waals surface area (Å²) in [7, 11) is 1.94. The van der Waals surface area contributed by atoms with Gasteiger partial charge in [0.1, 0.15) is 0 Å². The average Bonchev–Trinajstić information content (AvgIpc) is 2.74. The van der Waals surface area contributed by atoms with Gasteiger partial charge in [-0.05, 0) is 12.1 Å². The predicted molar refractivity (Wildman–Crippen MR) is 65.8 cm³/mol. The smallest absolute Gasteiger partial charge is 0.243 e. The van der Waals surface area contributed by atoms with E-state index in [1.165, 1.54) is 0 Å². The van der Waals surface area contributed by atoms with E-state index in [9.17, 15) is 4.79 Å². The van der Waals surface area contributed by atoms with E-state index in [0.717, 1.165) is 19.0 Å². The van der Waals surface area contributed by atoms with Gasteiger partial charge in [0.25, 0.3) is 0 Å². The fourth-order valence-electron chi connectivity index (χ4n) is 1.52. The molecule has 0 spiro atoms. The molecule has 0 aromatic carbocycles. The largest absolute Gasteiger partial charge is 0.347 e. The van der Waals surface area contributed by atoms with Gasteiger partial charge in [-0.3, -0.25) is 14.8 Å². The maximum atomic E-state index is 11.6. The monoisotopic (exact) mass is 233 g/mol. The maximum Gasteiger partial charge on any atom is 0.243 e. The summed E-state index contributed by atoms with van der Waals surface area (Å²) in [5, 5.41) is 5.74.